The van der Waals surface area contributed by atoms with E-state index in [1.165, 1.54) is 35.8 Å². The number of phenolic OH excluding ortho intramolecular Hbond substituents is 2. The Morgan fingerprint density at radius 3 is 2.20 bits per heavy atom. The van der Waals surface area contributed by atoms with E-state index in [0.717, 1.165) is 36.8 Å². The number of ether oxygens (including phenoxy) is 4. The zero-order chi connectivity index (χ0) is 31.6. The number of hydrogen-bond acceptors (Lipinski definition) is 12. The molecular formula is C32H46O10S2. The Morgan fingerprint density at radius 2 is 1.57 bits per heavy atom. The molecule has 0 aromatic heterocycles. The number of methoxy groups -OCH3 is 2. The van der Waals surface area contributed by atoms with E-state index >= 15 is 0 Å². The van der Waals surface area contributed by atoms with Crippen molar-refractivity contribution in [2.75, 3.05) is 33.4 Å². The largest absolute Gasteiger partial charge is 0.504 e. The van der Waals surface area contributed by atoms with Crippen molar-refractivity contribution in [3.63, 3.8) is 0 Å². The van der Waals surface area contributed by atoms with Crippen molar-refractivity contribution in [3.05, 3.63) is 41.0 Å². The van der Waals surface area contributed by atoms with E-state index in [9.17, 15) is 30.6 Å². The first-order valence-electron chi connectivity index (χ1n) is 15.2. The summed E-state index contributed by atoms with van der Waals surface area (Å²) < 4.78 is 22.5. The number of hydrogen-bond donors (Lipinski definition) is 6. The van der Waals surface area contributed by atoms with Gasteiger partial charge in [-0.1, -0.05) is 21.6 Å². The first-order valence-corrected chi connectivity index (χ1v) is 17.6. The highest BCUT2D eigenvalue weighted by Crippen LogP contribution is 2.46. The van der Waals surface area contributed by atoms with Gasteiger partial charge in [-0.05, 0) is 98.7 Å². The Labute approximate surface area is 267 Å². The smallest absolute Gasteiger partial charge is 0.200 e. The SMILES string of the molecule is COc1cc(C[C@@H]2[C@H](O)C[C@@H](OCO)CCc3cc(OC4CCCC4)c(O)cc3[C@H](CCO)SSC[C@@H]2O)cc(OC)c1O. The third-order valence-corrected chi connectivity index (χ3v) is 11.4. The molecule has 0 unspecified atom stereocenters. The van der Waals surface area contributed by atoms with Gasteiger partial charge in [0.25, 0.3) is 0 Å². The molecule has 6 N–H and O–H groups in total. The van der Waals surface area contributed by atoms with Gasteiger partial charge < -0.3 is 49.6 Å². The fraction of sp³-hybridized carbons (Fsp3) is 0.625. The molecule has 0 saturated heterocycles. The summed E-state index contributed by atoms with van der Waals surface area (Å²) in [4.78, 5) is 0. The van der Waals surface area contributed by atoms with Crippen molar-refractivity contribution in [1.82, 2.24) is 0 Å². The Morgan fingerprint density at radius 1 is 0.864 bits per heavy atom. The summed E-state index contributed by atoms with van der Waals surface area (Å²) in [5.74, 6) is 0.502. The van der Waals surface area contributed by atoms with Gasteiger partial charge in [0.2, 0.25) is 5.75 Å². The van der Waals surface area contributed by atoms with Crippen LogP contribution >= 0.6 is 21.6 Å². The van der Waals surface area contributed by atoms with E-state index in [2.05, 4.69) is 0 Å². The van der Waals surface area contributed by atoms with E-state index in [1.54, 1.807) is 18.2 Å². The van der Waals surface area contributed by atoms with Crippen LogP contribution in [-0.2, 0) is 17.6 Å². The molecule has 10 nitrogen and oxygen atoms in total. The lowest BCUT2D eigenvalue weighted by atomic mass is 9.85. The minimum absolute atomic E-state index is 0.0522. The molecule has 12 heteroatoms. The minimum Gasteiger partial charge on any atom is -0.504 e. The Balaban J connectivity index is 1.64. The molecule has 1 fully saturated rings. The number of aliphatic hydroxyl groups is 4. The summed E-state index contributed by atoms with van der Waals surface area (Å²) in [6, 6.07) is 6.93. The van der Waals surface area contributed by atoms with Gasteiger partial charge in [0.05, 0.1) is 38.6 Å². The molecule has 1 aliphatic heterocycles. The maximum atomic E-state index is 11.5. The monoisotopic (exact) mass is 654 g/mol. The number of aromatic hydroxyl groups is 2. The molecule has 0 spiro atoms. The lowest BCUT2D eigenvalue weighted by molar-refractivity contribution is -0.0808. The number of fused-ring (bicyclic) bond motifs is 1. The quantitative estimate of drug-likeness (QED) is 0.158. The zero-order valence-corrected chi connectivity index (χ0v) is 27.0. The molecule has 246 valence electrons. The summed E-state index contributed by atoms with van der Waals surface area (Å²) in [6.07, 6.45) is 3.63. The molecule has 4 rings (SSSR count). The van der Waals surface area contributed by atoms with Crippen LogP contribution in [0.1, 0.15) is 66.9 Å². The summed E-state index contributed by atoms with van der Waals surface area (Å²) in [7, 11) is 5.84. The molecule has 1 saturated carbocycles. The van der Waals surface area contributed by atoms with Crippen LogP contribution in [0.5, 0.6) is 28.7 Å². The zero-order valence-electron chi connectivity index (χ0n) is 25.4. The van der Waals surface area contributed by atoms with E-state index in [0.29, 0.717) is 30.6 Å². The van der Waals surface area contributed by atoms with Crippen molar-refractivity contribution < 1.29 is 49.6 Å². The second-order valence-electron chi connectivity index (χ2n) is 11.5. The fourth-order valence-electron chi connectivity index (χ4n) is 6.11. The second-order valence-corrected chi connectivity index (χ2v) is 14.1. The van der Waals surface area contributed by atoms with Gasteiger partial charge in [-0.2, -0.15) is 0 Å². The molecule has 5 atom stereocenters. The van der Waals surface area contributed by atoms with Crippen molar-refractivity contribution in [3.8, 4) is 28.7 Å². The van der Waals surface area contributed by atoms with Gasteiger partial charge in [-0.25, -0.2) is 0 Å². The average Bonchev–Trinajstić information content (AvgIpc) is 3.52. The molecule has 0 amide bonds. The maximum Gasteiger partial charge on any atom is 0.200 e. The normalized spacial score (nSPS) is 25.4. The van der Waals surface area contributed by atoms with Gasteiger partial charge in [-0.15, -0.1) is 0 Å². The highest BCUT2D eigenvalue weighted by Gasteiger charge is 2.32. The highest BCUT2D eigenvalue weighted by atomic mass is 33.1. The lowest BCUT2D eigenvalue weighted by Gasteiger charge is -2.30. The second kappa shape index (κ2) is 17.0. The molecule has 44 heavy (non-hydrogen) atoms. The molecular weight excluding hydrogens is 608 g/mol. The third kappa shape index (κ3) is 9.02. The van der Waals surface area contributed by atoms with Crippen LogP contribution in [0.2, 0.25) is 0 Å². The van der Waals surface area contributed by atoms with Gasteiger partial charge in [0, 0.05) is 23.5 Å². The molecule has 2 aromatic rings. The third-order valence-electron chi connectivity index (χ3n) is 8.53. The summed E-state index contributed by atoms with van der Waals surface area (Å²) >= 11 is 0. The standard InChI is InChI=1S/C32H46O10S2/c1-39-29-12-19(13-30(40-2)32(29)38)11-24-25(35)15-22(41-18-34)8-7-20-14-28(42-21-5-3-4-6-21)26(36)16-23(20)31(9-10-33)44-43-17-27(24)37/h12-14,16,21-22,24-25,27,31,33-38H,3-11,15,17-18H2,1-2H3/t22-,24+,25+,27-,31-/m0/s1. The van der Waals surface area contributed by atoms with Crippen LogP contribution in [0.25, 0.3) is 0 Å². The van der Waals surface area contributed by atoms with E-state index in [1.807, 2.05) is 6.07 Å². The summed E-state index contributed by atoms with van der Waals surface area (Å²) in [5.41, 5.74) is 2.53. The Bertz CT molecular complexity index is 1170. The molecule has 1 aliphatic carbocycles. The van der Waals surface area contributed by atoms with Crippen molar-refractivity contribution in [2.24, 2.45) is 5.92 Å². The topological polar surface area (TPSA) is 158 Å². The minimum atomic E-state index is -0.979. The van der Waals surface area contributed by atoms with Crippen LogP contribution in [-0.4, -0.2) is 88.4 Å². The maximum absolute atomic E-state index is 11.5. The lowest BCUT2D eigenvalue weighted by Crippen LogP contribution is -2.38. The predicted octanol–water partition coefficient (Wildman–Crippen LogP) is 4.49. The first-order chi connectivity index (χ1) is 21.3. The molecule has 2 aromatic carbocycles. The average molecular weight is 655 g/mol. The van der Waals surface area contributed by atoms with Crippen molar-refractivity contribution in [1.29, 1.82) is 0 Å². The van der Waals surface area contributed by atoms with Gasteiger partial charge in [-0.3, -0.25) is 0 Å². The highest BCUT2D eigenvalue weighted by molar-refractivity contribution is 8.76. The Hall–Kier alpha value is -2.06. The molecule has 2 aliphatic rings. The number of benzene rings is 2. The first kappa shape index (κ1) is 34.8. The number of aliphatic hydroxyl groups excluding tert-OH is 4. The van der Waals surface area contributed by atoms with Crippen molar-refractivity contribution >= 4 is 21.6 Å². The van der Waals surface area contributed by atoms with Crippen LogP contribution < -0.4 is 14.2 Å². The predicted molar refractivity (Wildman–Crippen MR) is 171 cm³/mol. The number of aryl methyl sites for hydroxylation is 1. The number of phenols is 2. The fourth-order valence-corrected chi connectivity index (χ4v) is 9.01. The van der Waals surface area contributed by atoms with E-state index in [-0.39, 0.29) is 59.6 Å². The summed E-state index contributed by atoms with van der Waals surface area (Å²) in [5, 5.41) is 63.7. The van der Waals surface area contributed by atoms with Crippen LogP contribution in [0.15, 0.2) is 24.3 Å². The van der Waals surface area contributed by atoms with Crippen LogP contribution in [0, 0.1) is 5.92 Å². The Kier molecular flexibility index (Phi) is 13.5. The van der Waals surface area contributed by atoms with Gasteiger partial charge in [0.1, 0.15) is 6.79 Å². The molecule has 0 bridgehead atoms. The van der Waals surface area contributed by atoms with Crippen LogP contribution in [0.3, 0.4) is 0 Å². The van der Waals surface area contributed by atoms with Crippen LogP contribution in [0.4, 0.5) is 0 Å². The molecule has 0 radical (unpaired) electrons. The number of rotatable bonds is 10. The van der Waals surface area contributed by atoms with Gasteiger partial charge >= 0.3 is 0 Å². The van der Waals surface area contributed by atoms with Crippen molar-refractivity contribution in [2.45, 2.75) is 87.5 Å². The van der Waals surface area contributed by atoms with E-state index in [4.69, 9.17) is 18.9 Å². The summed E-state index contributed by atoms with van der Waals surface area (Å²) in [6.45, 7) is -0.572. The van der Waals surface area contributed by atoms with E-state index < -0.39 is 31.0 Å². The molecule has 1 heterocycles. The van der Waals surface area contributed by atoms with Gasteiger partial charge in [0.15, 0.2) is 23.0 Å².